The number of aliphatic hydroxyl groups is 8. The number of aliphatic hydroxyl groups excluding tert-OH is 8. The minimum Gasteiger partial charge on any atom is -0.394 e. The van der Waals surface area contributed by atoms with Gasteiger partial charge in [0.1, 0.15) is 61.0 Å². The summed E-state index contributed by atoms with van der Waals surface area (Å²) in [5, 5.41) is 85.7. The van der Waals surface area contributed by atoms with Crippen molar-refractivity contribution in [3.63, 3.8) is 0 Å². The molecule has 0 radical (unpaired) electrons. The van der Waals surface area contributed by atoms with E-state index in [2.05, 4.69) is 61.5 Å². The summed E-state index contributed by atoms with van der Waals surface area (Å²) in [6.45, 7) is 16.9. The fourth-order valence-electron chi connectivity index (χ4n) is 13.7. The predicted molar refractivity (Wildman–Crippen MR) is 205 cm³/mol. The molecule has 0 aromatic rings. The minimum absolute atomic E-state index is 0.00534. The summed E-state index contributed by atoms with van der Waals surface area (Å²) in [7, 11) is 1.74. The van der Waals surface area contributed by atoms with Crippen molar-refractivity contribution in [3.8, 4) is 0 Å². The zero-order chi connectivity index (χ0) is 41.8. The third kappa shape index (κ3) is 7.01. The van der Waals surface area contributed by atoms with Crippen LogP contribution in [0.5, 0.6) is 0 Å². The second kappa shape index (κ2) is 15.5. The molecule has 0 aromatic heterocycles. The van der Waals surface area contributed by atoms with Crippen molar-refractivity contribution in [1.29, 1.82) is 0 Å². The smallest absolute Gasteiger partial charge is 0.187 e. The van der Waals surface area contributed by atoms with Crippen molar-refractivity contribution < 1.29 is 69.3 Å². The normalized spacial score (nSPS) is 53.7. The Balaban J connectivity index is 1.10. The first-order valence-electron chi connectivity index (χ1n) is 21.4. The summed E-state index contributed by atoms with van der Waals surface area (Å²) >= 11 is 0. The fourth-order valence-corrected chi connectivity index (χ4v) is 13.7. The average Bonchev–Trinajstić information content (AvgIpc) is 3.62. The molecule has 4 saturated carbocycles. The van der Waals surface area contributed by atoms with E-state index in [4.69, 9.17) is 28.4 Å². The van der Waals surface area contributed by atoms with Crippen LogP contribution >= 0.6 is 0 Å². The molecule has 57 heavy (non-hydrogen) atoms. The number of epoxide rings is 1. The van der Waals surface area contributed by atoms with Crippen LogP contribution in [0.4, 0.5) is 0 Å². The molecule has 14 nitrogen and oxygen atoms in total. The molecular formula is C43H72O14. The van der Waals surface area contributed by atoms with Crippen molar-refractivity contribution in [2.45, 2.75) is 192 Å². The van der Waals surface area contributed by atoms with Crippen molar-refractivity contribution in [2.75, 3.05) is 20.3 Å². The molecule has 7 fully saturated rings. The number of methoxy groups -OCH3 is 1. The van der Waals surface area contributed by atoms with Crippen LogP contribution in [0.3, 0.4) is 0 Å². The number of ether oxygens (including phenoxy) is 6. The van der Waals surface area contributed by atoms with Gasteiger partial charge < -0.3 is 69.3 Å². The van der Waals surface area contributed by atoms with E-state index in [0.717, 1.165) is 38.5 Å². The van der Waals surface area contributed by atoms with Gasteiger partial charge in [-0.25, -0.2) is 0 Å². The fraction of sp³-hybridized carbons (Fsp3) is 0.953. The van der Waals surface area contributed by atoms with Gasteiger partial charge in [0.2, 0.25) is 0 Å². The van der Waals surface area contributed by atoms with Crippen LogP contribution in [-0.2, 0) is 28.4 Å². The molecule has 7 rings (SSSR count). The van der Waals surface area contributed by atoms with E-state index in [1.54, 1.807) is 7.11 Å². The lowest BCUT2D eigenvalue weighted by atomic mass is 9.35. The van der Waals surface area contributed by atoms with Crippen LogP contribution < -0.4 is 0 Å². The van der Waals surface area contributed by atoms with Crippen molar-refractivity contribution >= 4 is 0 Å². The summed E-state index contributed by atoms with van der Waals surface area (Å²) in [6.07, 6.45) is -7.52. The molecule has 0 aromatic carbocycles. The van der Waals surface area contributed by atoms with Gasteiger partial charge >= 0.3 is 0 Å². The van der Waals surface area contributed by atoms with E-state index in [1.165, 1.54) is 5.57 Å². The highest BCUT2D eigenvalue weighted by Crippen LogP contribution is 2.75. The Kier molecular flexibility index (Phi) is 12.0. The maximum absolute atomic E-state index is 12.3. The molecule has 21 atom stereocenters. The van der Waals surface area contributed by atoms with Gasteiger partial charge in [-0.3, -0.25) is 0 Å². The summed E-state index contributed by atoms with van der Waals surface area (Å²) in [5.74, 6) is 0.868. The molecule has 0 bridgehead atoms. The van der Waals surface area contributed by atoms with Crippen LogP contribution in [0.15, 0.2) is 11.6 Å². The van der Waals surface area contributed by atoms with E-state index in [-0.39, 0.29) is 57.7 Å². The van der Waals surface area contributed by atoms with Gasteiger partial charge in [-0.1, -0.05) is 46.3 Å². The Morgan fingerprint density at radius 1 is 0.719 bits per heavy atom. The number of rotatable bonds is 10. The van der Waals surface area contributed by atoms with Gasteiger partial charge in [0.05, 0.1) is 31.0 Å². The monoisotopic (exact) mass is 812 g/mol. The van der Waals surface area contributed by atoms with E-state index in [0.29, 0.717) is 6.42 Å². The Hall–Kier alpha value is -0.820. The van der Waals surface area contributed by atoms with Gasteiger partial charge in [0, 0.05) is 7.11 Å². The van der Waals surface area contributed by atoms with Crippen molar-refractivity contribution in [2.24, 2.45) is 45.3 Å². The number of hydrogen-bond donors (Lipinski definition) is 8. The Morgan fingerprint density at radius 2 is 1.32 bits per heavy atom. The highest BCUT2D eigenvalue weighted by Gasteiger charge is 2.71. The van der Waals surface area contributed by atoms with Gasteiger partial charge in [-0.15, -0.1) is 0 Å². The molecule has 14 heteroatoms. The molecular weight excluding hydrogens is 740 g/mol. The maximum atomic E-state index is 12.3. The molecule has 3 heterocycles. The van der Waals surface area contributed by atoms with E-state index in [9.17, 15) is 40.9 Å². The first-order valence-corrected chi connectivity index (χ1v) is 21.4. The second-order valence-corrected chi connectivity index (χ2v) is 20.7. The van der Waals surface area contributed by atoms with Crippen molar-refractivity contribution in [3.05, 3.63) is 11.6 Å². The molecule has 0 spiro atoms. The van der Waals surface area contributed by atoms with Crippen LogP contribution in [0, 0.1) is 45.3 Å². The zero-order valence-electron chi connectivity index (χ0n) is 35.4. The maximum Gasteiger partial charge on any atom is 0.187 e. The lowest BCUT2D eigenvalue weighted by molar-refractivity contribution is -0.378. The Morgan fingerprint density at radius 3 is 1.91 bits per heavy atom. The summed E-state index contributed by atoms with van der Waals surface area (Å²) in [6, 6.07) is 0. The van der Waals surface area contributed by atoms with Gasteiger partial charge in [-0.2, -0.15) is 0 Å². The quantitative estimate of drug-likeness (QED) is 0.0897. The summed E-state index contributed by atoms with van der Waals surface area (Å²) in [5.41, 5.74) is 0.468. The lowest BCUT2D eigenvalue weighted by Crippen LogP contribution is -2.67. The third-order valence-electron chi connectivity index (χ3n) is 17.2. The lowest BCUT2D eigenvalue weighted by Gasteiger charge is -2.70. The average molecular weight is 813 g/mol. The van der Waals surface area contributed by atoms with Crippen LogP contribution in [0.1, 0.15) is 100 Å². The topological polar surface area (TPSA) is 221 Å². The molecule has 3 saturated heterocycles. The van der Waals surface area contributed by atoms with E-state index >= 15 is 0 Å². The van der Waals surface area contributed by atoms with Gasteiger partial charge in [0.25, 0.3) is 0 Å². The Labute approximate surface area is 337 Å². The number of hydrogen-bond acceptors (Lipinski definition) is 14. The standard InChI is InChI=1S/C43H72O14/c1-20(16-23(52-9)36-40(4,5)57-36)21-10-14-43(8)29(21)22(46)17-27-41(6)13-12-28(39(2,3)26(41)11-15-42(27,43)7)55-38-35(33(50)31(48)25(19-45)54-38)56-37-34(51)32(49)30(47)24(18-44)53-37/h16,21-38,44-51H,10-15,17-19H2,1-9H3/b20-16-/t21-,22-,23+,24-,25-,26+,27-,28+,29+,30-,31-,32+,33+,34-,35-,36+,37+,38+,41+,42-,43-/m1/s1. The number of fused-ring (bicyclic) bond motifs is 5. The molecule has 328 valence electrons. The van der Waals surface area contributed by atoms with Gasteiger partial charge in [0.15, 0.2) is 12.6 Å². The van der Waals surface area contributed by atoms with Crippen LogP contribution in [0.25, 0.3) is 0 Å². The molecule has 7 aliphatic rings. The molecule has 3 aliphatic heterocycles. The first-order chi connectivity index (χ1) is 26.6. The van der Waals surface area contributed by atoms with Gasteiger partial charge in [-0.05, 0) is 111 Å². The van der Waals surface area contributed by atoms with Crippen LogP contribution in [-0.4, -0.2) is 153 Å². The molecule has 0 unspecified atom stereocenters. The first kappa shape index (κ1) is 44.2. The highest BCUT2D eigenvalue weighted by molar-refractivity contribution is 5.24. The van der Waals surface area contributed by atoms with E-state index in [1.807, 2.05) is 0 Å². The molecule has 4 aliphatic carbocycles. The Bertz CT molecular complexity index is 1470. The SMILES string of the molecule is CO[C@@H](/C=C(/C)[C@H]1CC[C@]2(C)[C@@H]1[C@H](O)C[C@@H]1[C@@]3(C)CC[C@H](O[C@@H]4O[C@H](CO)[C@@H](O)[C@H](O)[C@H]4O[C@@H]4O[C@H](CO)[C@@H](O)[C@H](O)[C@H]4O)C(C)(C)[C@@H]3CC[C@]12C)[C@@H]1OC1(C)C. The molecule has 0 amide bonds. The number of allylic oxidation sites excluding steroid dienone is 1. The summed E-state index contributed by atoms with van der Waals surface area (Å²) < 4.78 is 36.3. The largest absolute Gasteiger partial charge is 0.394 e. The van der Waals surface area contributed by atoms with Crippen molar-refractivity contribution in [1.82, 2.24) is 0 Å². The van der Waals surface area contributed by atoms with E-state index < -0.39 is 92.2 Å². The minimum atomic E-state index is -1.75. The zero-order valence-corrected chi connectivity index (χ0v) is 35.4. The molecule has 8 N–H and O–H groups in total. The summed E-state index contributed by atoms with van der Waals surface area (Å²) in [4.78, 5) is 0. The predicted octanol–water partition coefficient (Wildman–Crippen LogP) is 1.79. The second-order valence-electron chi connectivity index (χ2n) is 20.7. The third-order valence-corrected chi connectivity index (χ3v) is 17.2. The van der Waals surface area contributed by atoms with Crippen LogP contribution in [0.2, 0.25) is 0 Å². The highest BCUT2D eigenvalue weighted by atomic mass is 16.8.